The van der Waals surface area contributed by atoms with Crippen LogP contribution in [0, 0.1) is 6.92 Å². The summed E-state index contributed by atoms with van der Waals surface area (Å²) in [6, 6.07) is 19.3. The van der Waals surface area contributed by atoms with Gasteiger partial charge in [0.2, 0.25) is 11.8 Å². The van der Waals surface area contributed by atoms with E-state index in [0.717, 1.165) is 41.1 Å². The number of rotatable bonds is 11. The lowest BCUT2D eigenvalue weighted by Gasteiger charge is -2.34. The van der Waals surface area contributed by atoms with Gasteiger partial charge in [-0.25, -0.2) is 8.42 Å². The molecule has 0 saturated heterocycles. The molecule has 4 rings (SSSR count). The Morgan fingerprint density at radius 3 is 2.32 bits per heavy atom. The maximum atomic E-state index is 14.2. The first-order valence-electron chi connectivity index (χ1n) is 13.8. The van der Waals surface area contributed by atoms with Crippen molar-refractivity contribution in [2.24, 2.45) is 0 Å². The number of hydrogen-bond acceptors (Lipinski definition) is 4. The van der Waals surface area contributed by atoms with E-state index < -0.39 is 28.5 Å². The molecule has 0 unspecified atom stereocenters. The zero-order valence-corrected chi connectivity index (χ0v) is 25.6. The number of anilines is 1. The van der Waals surface area contributed by atoms with Crippen molar-refractivity contribution >= 4 is 50.7 Å². The van der Waals surface area contributed by atoms with Gasteiger partial charge in [-0.2, -0.15) is 0 Å². The maximum absolute atomic E-state index is 14.2. The van der Waals surface area contributed by atoms with Crippen molar-refractivity contribution in [1.82, 2.24) is 10.2 Å². The van der Waals surface area contributed by atoms with Gasteiger partial charge in [-0.05, 0) is 62.1 Å². The Balaban J connectivity index is 1.73. The average Bonchev–Trinajstić information content (AvgIpc) is 3.45. The fourth-order valence-electron chi connectivity index (χ4n) is 5.21. The predicted molar refractivity (Wildman–Crippen MR) is 164 cm³/mol. The Bertz CT molecular complexity index is 1480. The summed E-state index contributed by atoms with van der Waals surface area (Å²) >= 11 is 12.6. The van der Waals surface area contributed by atoms with Gasteiger partial charge in [-0.3, -0.25) is 13.9 Å². The van der Waals surface area contributed by atoms with E-state index in [1.54, 1.807) is 18.2 Å². The fraction of sp³-hybridized carbons (Fsp3) is 0.355. The van der Waals surface area contributed by atoms with Gasteiger partial charge in [-0.15, -0.1) is 0 Å². The molecule has 218 valence electrons. The number of sulfonamides is 1. The highest BCUT2D eigenvalue weighted by Gasteiger charge is 2.35. The van der Waals surface area contributed by atoms with E-state index in [1.807, 2.05) is 38.1 Å². The number of nitrogens with zero attached hydrogens (tertiary/aromatic N) is 2. The van der Waals surface area contributed by atoms with E-state index in [1.165, 1.54) is 35.2 Å². The van der Waals surface area contributed by atoms with Crippen molar-refractivity contribution < 1.29 is 18.0 Å². The summed E-state index contributed by atoms with van der Waals surface area (Å²) in [4.78, 5) is 29.2. The Morgan fingerprint density at radius 2 is 1.68 bits per heavy atom. The molecule has 1 aliphatic rings. The van der Waals surface area contributed by atoms with Crippen LogP contribution in [0.3, 0.4) is 0 Å². The summed E-state index contributed by atoms with van der Waals surface area (Å²) in [6.45, 7) is 3.39. The van der Waals surface area contributed by atoms with Crippen molar-refractivity contribution in [2.75, 3.05) is 10.8 Å². The van der Waals surface area contributed by atoms with Crippen LogP contribution in [0.15, 0.2) is 77.7 Å². The number of carbonyl (C=O) groups is 2. The summed E-state index contributed by atoms with van der Waals surface area (Å²) in [6.07, 6.45) is 4.30. The zero-order valence-electron chi connectivity index (χ0n) is 23.2. The molecule has 0 aliphatic heterocycles. The highest BCUT2D eigenvalue weighted by Crippen LogP contribution is 2.33. The molecule has 2 amide bonds. The molecule has 0 spiro atoms. The highest BCUT2D eigenvalue weighted by atomic mass is 35.5. The van der Waals surface area contributed by atoms with Gasteiger partial charge in [0.1, 0.15) is 12.6 Å². The van der Waals surface area contributed by atoms with Gasteiger partial charge in [-0.1, -0.05) is 91.0 Å². The van der Waals surface area contributed by atoms with Crippen LogP contribution >= 0.6 is 23.2 Å². The third-order valence-electron chi connectivity index (χ3n) is 7.31. The summed E-state index contributed by atoms with van der Waals surface area (Å²) in [7, 11) is -4.21. The summed E-state index contributed by atoms with van der Waals surface area (Å²) < 4.78 is 28.8. The van der Waals surface area contributed by atoms with E-state index in [9.17, 15) is 18.0 Å². The minimum absolute atomic E-state index is 0.00932. The van der Waals surface area contributed by atoms with E-state index >= 15 is 0 Å². The first kappa shape index (κ1) is 30.9. The van der Waals surface area contributed by atoms with E-state index in [2.05, 4.69) is 5.32 Å². The molecule has 10 heteroatoms. The molecule has 3 aromatic carbocycles. The molecule has 3 aromatic rings. The van der Waals surface area contributed by atoms with Crippen LogP contribution in [0.4, 0.5) is 5.69 Å². The standard InChI is InChI=1S/C31H35Cl2N3O4S/c1-3-28(31(38)34-25-12-7-8-13-25)35(20-23-11-9-10-22(2)18-23)30(37)21-36(29-17-16-24(32)19-27(29)33)41(39,40)26-14-5-4-6-15-26/h4-6,9-11,14-19,25,28H,3,7-8,12-13,20-21H2,1-2H3,(H,34,38)/t28-/m0/s1. The monoisotopic (exact) mass is 615 g/mol. The van der Waals surface area contributed by atoms with Gasteiger partial charge < -0.3 is 10.2 Å². The largest absolute Gasteiger partial charge is 0.352 e. The van der Waals surface area contributed by atoms with Gasteiger partial charge >= 0.3 is 0 Å². The molecule has 7 nitrogen and oxygen atoms in total. The van der Waals surface area contributed by atoms with Crippen LogP contribution in [-0.2, 0) is 26.2 Å². The second-order valence-corrected chi connectivity index (χ2v) is 13.1. The second kappa shape index (κ2) is 13.7. The molecule has 0 bridgehead atoms. The topological polar surface area (TPSA) is 86.8 Å². The maximum Gasteiger partial charge on any atom is 0.264 e. The van der Waals surface area contributed by atoms with Crippen molar-refractivity contribution in [1.29, 1.82) is 0 Å². The number of nitrogens with one attached hydrogen (secondary N) is 1. The average molecular weight is 617 g/mol. The van der Waals surface area contributed by atoms with Crippen LogP contribution in [0.2, 0.25) is 10.0 Å². The van der Waals surface area contributed by atoms with Crippen LogP contribution in [0.25, 0.3) is 0 Å². The molecule has 0 aromatic heterocycles. The van der Waals surface area contributed by atoms with Crippen molar-refractivity contribution in [3.05, 3.63) is 94.0 Å². The number of carbonyl (C=O) groups excluding carboxylic acids is 2. The minimum atomic E-state index is -4.21. The lowest BCUT2D eigenvalue weighted by Crippen LogP contribution is -2.53. The second-order valence-electron chi connectivity index (χ2n) is 10.3. The Morgan fingerprint density at radius 1 is 0.976 bits per heavy atom. The van der Waals surface area contributed by atoms with Crippen molar-refractivity contribution in [3.63, 3.8) is 0 Å². The number of benzene rings is 3. The molecule has 1 fully saturated rings. The number of aryl methyl sites for hydroxylation is 1. The van der Waals surface area contributed by atoms with Crippen LogP contribution < -0.4 is 9.62 Å². The molecular weight excluding hydrogens is 581 g/mol. The molecule has 41 heavy (non-hydrogen) atoms. The molecular formula is C31H35Cl2N3O4S. The lowest BCUT2D eigenvalue weighted by atomic mass is 10.1. The smallest absolute Gasteiger partial charge is 0.264 e. The Kier molecular flexibility index (Phi) is 10.3. The van der Waals surface area contributed by atoms with Crippen LogP contribution in [0.5, 0.6) is 0 Å². The fourth-order valence-corrected chi connectivity index (χ4v) is 7.23. The van der Waals surface area contributed by atoms with Gasteiger partial charge in [0.25, 0.3) is 10.0 Å². The van der Waals surface area contributed by atoms with Crippen LogP contribution in [0.1, 0.15) is 50.2 Å². The zero-order chi connectivity index (χ0) is 29.6. The highest BCUT2D eigenvalue weighted by molar-refractivity contribution is 7.92. The van der Waals surface area contributed by atoms with Crippen LogP contribution in [-0.4, -0.2) is 43.8 Å². The molecule has 1 saturated carbocycles. The van der Waals surface area contributed by atoms with Crippen molar-refractivity contribution in [3.8, 4) is 0 Å². The molecule has 0 heterocycles. The molecule has 0 radical (unpaired) electrons. The van der Waals surface area contributed by atoms with Gasteiger partial charge in [0.05, 0.1) is 15.6 Å². The minimum Gasteiger partial charge on any atom is -0.352 e. The SMILES string of the molecule is CC[C@@H](C(=O)NC1CCCC1)N(Cc1cccc(C)c1)C(=O)CN(c1ccc(Cl)cc1Cl)S(=O)(=O)c1ccccc1. The van der Waals surface area contributed by atoms with E-state index in [4.69, 9.17) is 23.2 Å². The first-order valence-corrected chi connectivity index (χ1v) is 16.0. The first-order chi connectivity index (χ1) is 19.6. The predicted octanol–water partition coefficient (Wildman–Crippen LogP) is 6.36. The third kappa shape index (κ3) is 7.61. The normalized spacial score (nSPS) is 14.4. The number of halogens is 2. The summed E-state index contributed by atoms with van der Waals surface area (Å²) in [5, 5.41) is 3.53. The quantitative estimate of drug-likeness (QED) is 0.272. The Labute approximate surface area is 252 Å². The molecule has 1 aliphatic carbocycles. The molecule has 1 N–H and O–H groups in total. The van der Waals surface area contributed by atoms with Crippen molar-refractivity contribution in [2.45, 2.75) is 69.5 Å². The number of hydrogen-bond donors (Lipinski definition) is 1. The van der Waals surface area contributed by atoms with Gasteiger partial charge in [0, 0.05) is 17.6 Å². The summed E-state index contributed by atoms with van der Waals surface area (Å²) in [5.41, 5.74) is 1.97. The number of amides is 2. The van der Waals surface area contributed by atoms with E-state index in [-0.39, 0.29) is 34.1 Å². The Hall–Kier alpha value is -3.07. The lowest BCUT2D eigenvalue weighted by molar-refractivity contribution is -0.140. The summed E-state index contributed by atoms with van der Waals surface area (Å²) in [5.74, 6) is -0.757. The molecule has 1 atom stereocenters. The van der Waals surface area contributed by atoms with Gasteiger partial charge in [0.15, 0.2) is 0 Å². The van der Waals surface area contributed by atoms with E-state index in [0.29, 0.717) is 11.4 Å². The third-order valence-corrected chi connectivity index (χ3v) is 9.62.